The largest absolute Gasteiger partial charge is 0.378 e. The average Bonchev–Trinajstić information content (AvgIpc) is 2.95. The molecule has 1 fully saturated rings. The molecule has 2 N–H and O–H groups in total. The van der Waals surface area contributed by atoms with E-state index in [1.165, 1.54) is 25.7 Å². The number of nitrogens with one attached hydrogen (secondary N) is 2. The Kier molecular flexibility index (Phi) is 12.5. The molecule has 0 aromatic heterocycles. The minimum Gasteiger partial charge on any atom is -0.378 e. The van der Waals surface area contributed by atoms with Crippen LogP contribution >= 0.6 is 24.0 Å². The normalized spacial score (nSPS) is 17.7. The molecule has 4 nitrogen and oxygen atoms in total. The Balaban J connectivity index is 0.00000400. The molecule has 1 aliphatic rings. The molecule has 0 amide bonds. The lowest BCUT2D eigenvalue weighted by atomic mass is 9.98. The number of nitrogens with zero attached hydrogens (tertiary/aromatic N) is 1. The SMILES string of the molecule is CCOC(CCNC(=NC)NCC(C)C)C1CCCC1.I. The minimum atomic E-state index is 0. The molecule has 1 unspecified atom stereocenters. The molecule has 0 heterocycles. The number of ether oxygens (including phenoxy) is 1. The van der Waals surface area contributed by atoms with Crippen LogP contribution in [0.3, 0.4) is 0 Å². The van der Waals surface area contributed by atoms with E-state index < -0.39 is 0 Å². The maximum Gasteiger partial charge on any atom is 0.190 e. The van der Waals surface area contributed by atoms with Gasteiger partial charge in [0.25, 0.3) is 0 Å². The van der Waals surface area contributed by atoms with Crippen molar-refractivity contribution in [3.05, 3.63) is 0 Å². The molecule has 0 aromatic carbocycles. The summed E-state index contributed by atoms with van der Waals surface area (Å²) < 4.78 is 5.94. The highest BCUT2D eigenvalue weighted by Crippen LogP contribution is 2.30. The number of hydrogen-bond donors (Lipinski definition) is 2. The van der Waals surface area contributed by atoms with Crippen LogP contribution in [0.15, 0.2) is 4.99 Å². The van der Waals surface area contributed by atoms with Crippen LogP contribution in [0.25, 0.3) is 0 Å². The smallest absolute Gasteiger partial charge is 0.190 e. The Bertz CT molecular complexity index is 279. The second kappa shape index (κ2) is 12.5. The van der Waals surface area contributed by atoms with Crippen molar-refractivity contribution in [3.8, 4) is 0 Å². The highest BCUT2D eigenvalue weighted by Gasteiger charge is 2.24. The first kappa shape index (κ1) is 21.0. The van der Waals surface area contributed by atoms with Crippen LogP contribution in [-0.2, 0) is 4.74 Å². The molecule has 0 radical (unpaired) electrons. The molecule has 1 aliphatic carbocycles. The van der Waals surface area contributed by atoms with Crippen molar-refractivity contribution in [2.24, 2.45) is 16.8 Å². The summed E-state index contributed by atoms with van der Waals surface area (Å²) in [5.74, 6) is 2.30. The van der Waals surface area contributed by atoms with Crippen LogP contribution in [0.5, 0.6) is 0 Å². The van der Waals surface area contributed by atoms with Crippen LogP contribution in [0.4, 0.5) is 0 Å². The molecule has 0 aliphatic heterocycles. The van der Waals surface area contributed by atoms with Gasteiger partial charge in [-0.15, -0.1) is 24.0 Å². The van der Waals surface area contributed by atoms with Crippen molar-refractivity contribution in [2.45, 2.75) is 59.0 Å². The van der Waals surface area contributed by atoms with Gasteiger partial charge >= 0.3 is 0 Å². The second-order valence-corrected chi connectivity index (χ2v) is 6.10. The maximum atomic E-state index is 5.94. The van der Waals surface area contributed by atoms with E-state index in [0.717, 1.165) is 38.0 Å². The van der Waals surface area contributed by atoms with Gasteiger partial charge < -0.3 is 15.4 Å². The van der Waals surface area contributed by atoms with Gasteiger partial charge in [-0.2, -0.15) is 0 Å². The van der Waals surface area contributed by atoms with E-state index in [0.29, 0.717) is 12.0 Å². The van der Waals surface area contributed by atoms with Crippen LogP contribution in [-0.4, -0.2) is 38.8 Å². The Labute approximate surface area is 147 Å². The van der Waals surface area contributed by atoms with Gasteiger partial charge in [0.15, 0.2) is 5.96 Å². The molecule has 21 heavy (non-hydrogen) atoms. The highest BCUT2D eigenvalue weighted by molar-refractivity contribution is 14.0. The van der Waals surface area contributed by atoms with Crippen molar-refractivity contribution in [1.82, 2.24) is 10.6 Å². The Hall–Kier alpha value is -0.0400. The zero-order chi connectivity index (χ0) is 14.8. The fourth-order valence-electron chi connectivity index (χ4n) is 2.85. The standard InChI is InChI=1S/C16H33N3O.HI/c1-5-20-15(14-8-6-7-9-14)10-11-18-16(17-4)19-12-13(2)3;/h13-15H,5-12H2,1-4H3,(H2,17,18,19);1H. The predicted molar refractivity (Wildman–Crippen MR) is 102 cm³/mol. The predicted octanol–water partition coefficient (Wildman–Crippen LogP) is 3.41. The molecule has 126 valence electrons. The topological polar surface area (TPSA) is 45.6 Å². The third-order valence-corrected chi connectivity index (χ3v) is 3.93. The lowest BCUT2D eigenvalue weighted by Gasteiger charge is -2.24. The molecule has 1 atom stereocenters. The summed E-state index contributed by atoms with van der Waals surface area (Å²) in [5, 5.41) is 6.74. The van der Waals surface area contributed by atoms with Crippen LogP contribution in [0.2, 0.25) is 0 Å². The van der Waals surface area contributed by atoms with E-state index in [-0.39, 0.29) is 24.0 Å². The molecular weight excluding hydrogens is 377 g/mol. The molecule has 0 aromatic rings. The second-order valence-electron chi connectivity index (χ2n) is 6.10. The van der Waals surface area contributed by atoms with E-state index in [4.69, 9.17) is 4.74 Å². The van der Waals surface area contributed by atoms with Crippen LogP contribution in [0.1, 0.15) is 52.9 Å². The zero-order valence-corrected chi connectivity index (χ0v) is 16.5. The van der Waals surface area contributed by atoms with Gasteiger partial charge in [0.05, 0.1) is 6.10 Å². The number of rotatable bonds is 8. The van der Waals surface area contributed by atoms with Crippen LogP contribution < -0.4 is 10.6 Å². The molecule has 5 heteroatoms. The van der Waals surface area contributed by atoms with Crippen molar-refractivity contribution in [2.75, 3.05) is 26.7 Å². The summed E-state index contributed by atoms with van der Waals surface area (Å²) in [6.07, 6.45) is 6.91. The molecule has 1 rings (SSSR count). The number of aliphatic imine (C=N–C) groups is 1. The number of hydrogen-bond acceptors (Lipinski definition) is 2. The van der Waals surface area contributed by atoms with Crippen LogP contribution in [0, 0.1) is 11.8 Å². The first-order chi connectivity index (χ1) is 9.67. The van der Waals surface area contributed by atoms with Crippen molar-refractivity contribution in [1.29, 1.82) is 0 Å². The van der Waals surface area contributed by atoms with E-state index in [2.05, 4.69) is 36.4 Å². The quantitative estimate of drug-likeness (QED) is 0.366. The zero-order valence-electron chi connectivity index (χ0n) is 14.2. The highest BCUT2D eigenvalue weighted by atomic mass is 127. The third kappa shape index (κ3) is 8.86. The summed E-state index contributed by atoms with van der Waals surface area (Å²) >= 11 is 0. The lowest BCUT2D eigenvalue weighted by Crippen LogP contribution is -2.40. The first-order valence-electron chi connectivity index (χ1n) is 8.23. The Morgan fingerprint density at radius 2 is 1.90 bits per heavy atom. The molecule has 1 saturated carbocycles. The number of halogens is 1. The molecule has 0 spiro atoms. The van der Waals surface area contributed by atoms with Crippen molar-refractivity contribution >= 4 is 29.9 Å². The van der Waals surface area contributed by atoms with E-state index in [9.17, 15) is 0 Å². The van der Waals surface area contributed by atoms with Gasteiger partial charge in [-0.05, 0) is 38.0 Å². The Morgan fingerprint density at radius 3 is 2.43 bits per heavy atom. The molecular formula is C16H34IN3O. The van der Waals surface area contributed by atoms with Crippen molar-refractivity contribution in [3.63, 3.8) is 0 Å². The minimum absolute atomic E-state index is 0. The fraction of sp³-hybridized carbons (Fsp3) is 0.938. The van der Waals surface area contributed by atoms with Gasteiger partial charge in [-0.25, -0.2) is 0 Å². The van der Waals surface area contributed by atoms with Gasteiger partial charge in [-0.1, -0.05) is 26.7 Å². The third-order valence-electron chi connectivity index (χ3n) is 3.93. The van der Waals surface area contributed by atoms with E-state index in [1.54, 1.807) is 0 Å². The Morgan fingerprint density at radius 1 is 1.24 bits per heavy atom. The summed E-state index contributed by atoms with van der Waals surface area (Å²) in [6, 6.07) is 0. The fourth-order valence-corrected chi connectivity index (χ4v) is 2.85. The molecule has 0 saturated heterocycles. The average molecular weight is 411 g/mol. The first-order valence-corrected chi connectivity index (χ1v) is 8.23. The summed E-state index contributed by atoms with van der Waals surface area (Å²) in [5.41, 5.74) is 0. The van der Waals surface area contributed by atoms with E-state index >= 15 is 0 Å². The van der Waals surface area contributed by atoms with Gasteiger partial charge in [0.2, 0.25) is 0 Å². The lowest BCUT2D eigenvalue weighted by molar-refractivity contribution is 0.0169. The van der Waals surface area contributed by atoms with Gasteiger partial charge in [0.1, 0.15) is 0 Å². The summed E-state index contributed by atoms with van der Waals surface area (Å²) in [6.45, 7) is 9.20. The van der Waals surface area contributed by atoms with Crippen molar-refractivity contribution < 1.29 is 4.74 Å². The summed E-state index contributed by atoms with van der Waals surface area (Å²) in [7, 11) is 1.83. The molecule has 0 bridgehead atoms. The summed E-state index contributed by atoms with van der Waals surface area (Å²) in [4.78, 5) is 4.25. The van der Waals surface area contributed by atoms with E-state index in [1.807, 2.05) is 7.05 Å². The monoisotopic (exact) mass is 411 g/mol. The number of guanidine groups is 1. The maximum absolute atomic E-state index is 5.94. The van der Waals surface area contributed by atoms with Gasteiger partial charge in [-0.3, -0.25) is 4.99 Å². The van der Waals surface area contributed by atoms with Gasteiger partial charge in [0, 0.05) is 26.7 Å².